The minimum absolute atomic E-state index is 0.105. The molecule has 1 aliphatic rings. The predicted molar refractivity (Wildman–Crippen MR) is 93.3 cm³/mol. The van der Waals surface area contributed by atoms with E-state index in [4.69, 9.17) is 0 Å². The molecule has 0 aromatic heterocycles. The lowest BCUT2D eigenvalue weighted by Crippen LogP contribution is -2.49. The minimum atomic E-state index is -3.70. The van der Waals surface area contributed by atoms with Gasteiger partial charge >= 0.3 is 0 Å². The van der Waals surface area contributed by atoms with Gasteiger partial charge in [-0.15, -0.1) is 0 Å². The van der Waals surface area contributed by atoms with Gasteiger partial charge in [-0.25, -0.2) is 12.8 Å². The molecule has 3 rings (SSSR count). The maximum Gasteiger partial charge on any atom is 0.243 e. The van der Waals surface area contributed by atoms with Crippen LogP contribution in [0.1, 0.15) is 30.4 Å². The summed E-state index contributed by atoms with van der Waals surface area (Å²) < 4.78 is 42.0. The van der Waals surface area contributed by atoms with Gasteiger partial charge in [-0.1, -0.05) is 48.0 Å². The van der Waals surface area contributed by atoms with E-state index in [2.05, 4.69) is 0 Å². The van der Waals surface area contributed by atoms with E-state index in [1.807, 2.05) is 37.3 Å². The summed E-state index contributed by atoms with van der Waals surface area (Å²) in [5, 5.41) is 0. The fourth-order valence-corrected chi connectivity index (χ4v) is 4.91. The second-order valence-corrected chi connectivity index (χ2v) is 8.77. The van der Waals surface area contributed by atoms with Crippen molar-refractivity contribution in [1.29, 1.82) is 0 Å². The summed E-state index contributed by atoms with van der Waals surface area (Å²) in [7, 11) is -3.70. The van der Waals surface area contributed by atoms with Crippen molar-refractivity contribution in [3.8, 4) is 0 Å². The highest BCUT2D eigenvalue weighted by Gasteiger charge is 2.41. The fourth-order valence-electron chi connectivity index (χ4n) is 3.31. The highest BCUT2D eigenvalue weighted by Crippen LogP contribution is 2.37. The van der Waals surface area contributed by atoms with Crippen molar-refractivity contribution in [2.75, 3.05) is 13.1 Å². The second kappa shape index (κ2) is 6.30. The Labute approximate surface area is 143 Å². The summed E-state index contributed by atoms with van der Waals surface area (Å²) in [5.74, 6) is -0.143. The van der Waals surface area contributed by atoms with E-state index >= 15 is 0 Å². The highest BCUT2D eigenvalue weighted by atomic mass is 32.2. The first kappa shape index (κ1) is 17.1. The molecule has 1 aliphatic heterocycles. The van der Waals surface area contributed by atoms with Crippen LogP contribution in [0.5, 0.6) is 0 Å². The van der Waals surface area contributed by atoms with Crippen LogP contribution in [-0.2, 0) is 10.0 Å². The molecule has 24 heavy (non-hydrogen) atoms. The molecule has 2 aromatic rings. The van der Waals surface area contributed by atoms with E-state index in [1.165, 1.54) is 11.2 Å². The standard InChI is InChI=1S/C19H22FNO2S/c1-15-8-10-18(11-9-15)24(22,23)21-13-17(12-19(2,20)14-21)16-6-4-3-5-7-16/h3-11,17H,12-14H2,1-2H3/t17-,19+/m0/s1. The molecule has 0 saturated carbocycles. The van der Waals surface area contributed by atoms with Gasteiger partial charge in [0.05, 0.1) is 4.90 Å². The first-order chi connectivity index (χ1) is 11.3. The molecule has 1 heterocycles. The number of benzene rings is 2. The number of alkyl halides is 1. The molecule has 0 radical (unpaired) electrons. The zero-order chi connectivity index (χ0) is 17.4. The second-order valence-electron chi connectivity index (χ2n) is 6.84. The molecule has 128 valence electrons. The van der Waals surface area contributed by atoms with E-state index in [-0.39, 0.29) is 17.4 Å². The normalized spacial score (nSPS) is 25.5. The summed E-state index contributed by atoms with van der Waals surface area (Å²) >= 11 is 0. The molecule has 5 heteroatoms. The third-order valence-corrected chi connectivity index (χ3v) is 6.36. The van der Waals surface area contributed by atoms with E-state index < -0.39 is 15.7 Å². The van der Waals surface area contributed by atoms with Gasteiger partial charge in [0.25, 0.3) is 0 Å². The lowest BCUT2D eigenvalue weighted by atomic mass is 9.85. The molecule has 0 bridgehead atoms. The van der Waals surface area contributed by atoms with Gasteiger partial charge in [0, 0.05) is 19.0 Å². The Morgan fingerprint density at radius 2 is 1.71 bits per heavy atom. The summed E-state index contributed by atoms with van der Waals surface area (Å²) in [6.07, 6.45) is 0.330. The zero-order valence-corrected chi connectivity index (χ0v) is 14.8. The predicted octanol–water partition coefficient (Wildman–Crippen LogP) is 3.90. The Kier molecular flexibility index (Phi) is 4.49. The molecule has 0 unspecified atom stereocenters. The molecule has 0 aliphatic carbocycles. The molecule has 1 fully saturated rings. The van der Waals surface area contributed by atoms with Crippen molar-refractivity contribution in [2.24, 2.45) is 0 Å². The lowest BCUT2D eigenvalue weighted by molar-refractivity contribution is 0.0888. The first-order valence-electron chi connectivity index (χ1n) is 8.09. The SMILES string of the molecule is Cc1ccc(S(=O)(=O)N2C[C@@H](c3ccccc3)C[C@@](C)(F)C2)cc1. The molecule has 1 saturated heterocycles. The number of hydrogen-bond acceptors (Lipinski definition) is 2. The van der Waals surface area contributed by atoms with Crippen molar-refractivity contribution >= 4 is 10.0 Å². The molecule has 3 nitrogen and oxygen atoms in total. The number of sulfonamides is 1. The zero-order valence-electron chi connectivity index (χ0n) is 13.9. The van der Waals surface area contributed by atoms with Crippen LogP contribution in [-0.4, -0.2) is 31.5 Å². The highest BCUT2D eigenvalue weighted by molar-refractivity contribution is 7.89. The summed E-state index contributed by atoms with van der Waals surface area (Å²) in [6, 6.07) is 16.3. The van der Waals surface area contributed by atoms with Gasteiger partial charge in [-0.2, -0.15) is 4.31 Å². The van der Waals surface area contributed by atoms with Crippen molar-refractivity contribution in [1.82, 2.24) is 4.31 Å². The van der Waals surface area contributed by atoms with Gasteiger partial charge in [0.1, 0.15) is 5.67 Å². The maximum atomic E-state index is 14.9. The minimum Gasteiger partial charge on any atom is -0.243 e. The Balaban J connectivity index is 1.93. The number of aryl methyl sites for hydroxylation is 1. The first-order valence-corrected chi connectivity index (χ1v) is 9.53. The van der Waals surface area contributed by atoms with E-state index in [0.717, 1.165) is 11.1 Å². The van der Waals surface area contributed by atoms with Gasteiger partial charge in [0.15, 0.2) is 0 Å². The van der Waals surface area contributed by atoms with Gasteiger partial charge in [-0.05, 0) is 38.0 Å². The fraction of sp³-hybridized carbons (Fsp3) is 0.368. The summed E-state index contributed by atoms with van der Waals surface area (Å²) in [5.41, 5.74) is 0.423. The lowest BCUT2D eigenvalue weighted by Gasteiger charge is -2.39. The van der Waals surface area contributed by atoms with Crippen LogP contribution in [0, 0.1) is 6.92 Å². The molecular formula is C19H22FNO2S. The number of hydrogen-bond donors (Lipinski definition) is 0. The molecule has 2 aromatic carbocycles. The Hall–Kier alpha value is -1.72. The molecule has 0 amide bonds. The number of nitrogens with zero attached hydrogens (tertiary/aromatic N) is 1. The number of piperidine rings is 1. The summed E-state index contributed by atoms with van der Waals surface area (Å²) in [4.78, 5) is 0.220. The largest absolute Gasteiger partial charge is 0.243 e. The van der Waals surface area contributed by atoms with E-state index in [0.29, 0.717) is 13.0 Å². The average Bonchev–Trinajstić information content (AvgIpc) is 2.54. The van der Waals surface area contributed by atoms with Crippen LogP contribution in [0.2, 0.25) is 0 Å². The Morgan fingerprint density at radius 3 is 2.33 bits per heavy atom. The van der Waals surface area contributed by atoms with Gasteiger partial charge < -0.3 is 0 Å². The monoisotopic (exact) mass is 347 g/mol. The summed E-state index contributed by atoms with van der Waals surface area (Å²) in [6.45, 7) is 3.59. The third kappa shape index (κ3) is 3.52. The van der Waals surface area contributed by atoms with Crippen LogP contribution in [0.3, 0.4) is 0 Å². The van der Waals surface area contributed by atoms with Crippen molar-refractivity contribution < 1.29 is 12.8 Å². The number of rotatable bonds is 3. The van der Waals surface area contributed by atoms with Crippen LogP contribution < -0.4 is 0 Å². The van der Waals surface area contributed by atoms with Crippen molar-refractivity contribution in [3.63, 3.8) is 0 Å². The molecule has 2 atom stereocenters. The number of halogens is 1. The van der Waals surface area contributed by atoms with E-state index in [1.54, 1.807) is 24.3 Å². The van der Waals surface area contributed by atoms with Crippen LogP contribution in [0.15, 0.2) is 59.5 Å². The van der Waals surface area contributed by atoms with Gasteiger partial charge in [0.2, 0.25) is 10.0 Å². The van der Waals surface area contributed by atoms with Crippen LogP contribution in [0.4, 0.5) is 4.39 Å². The van der Waals surface area contributed by atoms with Crippen LogP contribution >= 0.6 is 0 Å². The van der Waals surface area contributed by atoms with Crippen molar-refractivity contribution in [3.05, 3.63) is 65.7 Å². The smallest absolute Gasteiger partial charge is 0.243 e. The van der Waals surface area contributed by atoms with Gasteiger partial charge in [-0.3, -0.25) is 0 Å². The quantitative estimate of drug-likeness (QED) is 0.844. The Bertz CT molecular complexity index is 801. The van der Waals surface area contributed by atoms with Crippen LogP contribution in [0.25, 0.3) is 0 Å². The molecule has 0 spiro atoms. The molecule has 0 N–H and O–H groups in total. The topological polar surface area (TPSA) is 37.4 Å². The van der Waals surface area contributed by atoms with E-state index in [9.17, 15) is 12.8 Å². The average molecular weight is 347 g/mol. The third-order valence-electron chi connectivity index (χ3n) is 4.53. The maximum absolute atomic E-state index is 14.9. The van der Waals surface area contributed by atoms with Crippen molar-refractivity contribution in [2.45, 2.75) is 36.8 Å². The molecular weight excluding hydrogens is 325 g/mol. The Morgan fingerprint density at radius 1 is 1.08 bits per heavy atom.